The third-order valence-corrected chi connectivity index (χ3v) is 4.05. The van der Waals surface area contributed by atoms with E-state index in [1.165, 1.54) is 0 Å². The molecule has 1 aromatic rings. The summed E-state index contributed by atoms with van der Waals surface area (Å²) in [6.07, 6.45) is 0.362. The molecule has 0 saturated carbocycles. The van der Waals surface area contributed by atoms with Gasteiger partial charge in [0.1, 0.15) is 11.6 Å². The summed E-state index contributed by atoms with van der Waals surface area (Å²) in [5.74, 6) is -5.88. The van der Waals surface area contributed by atoms with E-state index in [0.29, 0.717) is 44.1 Å². The molecule has 3 N–H and O–H groups in total. The van der Waals surface area contributed by atoms with Crippen molar-refractivity contribution in [3.63, 3.8) is 0 Å². The van der Waals surface area contributed by atoms with E-state index in [4.69, 9.17) is 14.9 Å². The molecule has 1 fully saturated rings. The summed E-state index contributed by atoms with van der Waals surface area (Å²) in [7, 11) is 0. The molecule has 0 aliphatic carbocycles. The number of likely N-dealkylation sites (N-methyl/N-ethyl adjacent to an activating group) is 1. The molecule has 28 heavy (non-hydrogen) atoms. The number of rotatable bonds is 5. The summed E-state index contributed by atoms with van der Waals surface area (Å²) in [4.78, 5) is 56.8. The number of hydrogen-bond donors (Lipinski definition) is 3. The lowest BCUT2D eigenvalue weighted by Gasteiger charge is -2.31. The minimum atomic E-state index is -1.70. The fourth-order valence-electron chi connectivity index (χ4n) is 2.70. The van der Waals surface area contributed by atoms with E-state index in [0.717, 1.165) is 4.90 Å². The lowest BCUT2D eigenvalue weighted by Crippen LogP contribution is -2.40. The smallest absolute Gasteiger partial charge is 0.395 e. The van der Waals surface area contributed by atoms with Crippen molar-refractivity contribution in [1.82, 2.24) is 9.97 Å². The van der Waals surface area contributed by atoms with E-state index >= 15 is 0 Å². The molecule has 1 aromatic heterocycles. The zero-order chi connectivity index (χ0) is 20.8. The molecule has 2 amide bonds. The first-order valence-corrected chi connectivity index (χ1v) is 8.62. The molecule has 152 valence electrons. The minimum absolute atomic E-state index is 0.0362. The largest absolute Gasteiger partial charge is 0.474 e. The number of nitrogens with zero attached hydrogens (tertiary/aromatic N) is 4. The molecule has 12 heteroatoms. The first-order chi connectivity index (χ1) is 13.3. The summed E-state index contributed by atoms with van der Waals surface area (Å²) in [5.41, 5.74) is 0.471. The average molecular weight is 395 g/mol. The van der Waals surface area contributed by atoms with Gasteiger partial charge in [-0.25, -0.2) is 9.59 Å². The van der Waals surface area contributed by atoms with Crippen LogP contribution in [0.25, 0.3) is 0 Å². The summed E-state index contributed by atoms with van der Waals surface area (Å²) < 4.78 is 5.31. The molecule has 0 spiro atoms. The average Bonchev–Trinajstić information content (AvgIpc) is 2.68. The van der Waals surface area contributed by atoms with Crippen LogP contribution in [0.2, 0.25) is 0 Å². The summed E-state index contributed by atoms with van der Waals surface area (Å²) in [5, 5.41) is 20.1. The topological polar surface area (TPSA) is 162 Å². The minimum Gasteiger partial charge on any atom is -0.474 e. The molecule has 0 bridgehead atoms. The molecule has 0 unspecified atom stereocenters. The van der Waals surface area contributed by atoms with Crippen LogP contribution < -0.4 is 15.1 Å². The van der Waals surface area contributed by atoms with Crippen LogP contribution in [0, 0.1) is 0 Å². The van der Waals surface area contributed by atoms with E-state index in [2.05, 4.69) is 15.3 Å². The fourth-order valence-corrected chi connectivity index (χ4v) is 2.70. The molecule has 12 nitrogen and oxygen atoms in total. The Morgan fingerprint density at radius 2 is 1.75 bits per heavy atom. The van der Waals surface area contributed by atoms with Gasteiger partial charge < -0.3 is 25.2 Å². The molecule has 1 aliphatic rings. The molecule has 0 atom stereocenters. The Kier molecular flexibility index (Phi) is 6.82. The van der Waals surface area contributed by atoms with Crippen LogP contribution in [0.3, 0.4) is 0 Å². The third kappa shape index (κ3) is 4.52. The van der Waals surface area contributed by atoms with Crippen molar-refractivity contribution in [2.24, 2.45) is 0 Å². The van der Waals surface area contributed by atoms with Gasteiger partial charge in [0.15, 0.2) is 0 Å². The monoisotopic (exact) mass is 395 g/mol. The van der Waals surface area contributed by atoms with Gasteiger partial charge in [0.2, 0.25) is 5.95 Å². The van der Waals surface area contributed by atoms with Crippen molar-refractivity contribution >= 4 is 41.3 Å². The van der Waals surface area contributed by atoms with Crippen LogP contribution in [0.15, 0.2) is 0 Å². The summed E-state index contributed by atoms with van der Waals surface area (Å²) >= 11 is 0. The molecular formula is C16H21N5O7. The van der Waals surface area contributed by atoms with Gasteiger partial charge in [0, 0.05) is 25.2 Å². The van der Waals surface area contributed by atoms with Gasteiger partial charge in [-0.2, -0.15) is 9.97 Å². The second-order valence-corrected chi connectivity index (χ2v) is 5.74. The zero-order valence-electron chi connectivity index (χ0n) is 15.5. The Balaban J connectivity index is 2.61. The lowest BCUT2D eigenvalue weighted by molar-refractivity contribution is -0.148. The standard InChI is InChI=1S/C16H21N5O7/c1-3-9-10(17-12(22)14(24)25)18-16(21(4-2)13(23)15(26)27)19-11(9)20-5-7-28-8-6-20/h3-8H2,1-2H3,(H,24,25)(H,26,27)(H,17,18,19,22). The number of hydrogen-bond acceptors (Lipinski definition) is 8. The van der Waals surface area contributed by atoms with Crippen molar-refractivity contribution < 1.29 is 34.1 Å². The number of anilines is 3. The number of morpholine rings is 1. The van der Waals surface area contributed by atoms with Crippen LogP contribution in [-0.4, -0.2) is 76.8 Å². The number of aliphatic carboxylic acids is 2. The van der Waals surface area contributed by atoms with Gasteiger partial charge >= 0.3 is 23.8 Å². The van der Waals surface area contributed by atoms with Gasteiger partial charge in [-0.3, -0.25) is 14.5 Å². The molecule has 2 heterocycles. The number of nitrogens with one attached hydrogen (secondary N) is 1. The summed E-state index contributed by atoms with van der Waals surface area (Å²) in [6, 6.07) is 0. The molecule has 1 saturated heterocycles. The van der Waals surface area contributed by atoms with Crippen LogP contribution in [0.5, 0.6) is 0 Å². The summed E-state index contributed by atoms with van der Waals surface area (Å²) in [6.45, 7) is 5.12. The van der Waals surface area contributed by atoms with Crippen molar-refractivity contribution in [3.05, 3.63) is 5.56 Å². The van der Waals surface area contributed by atoms with Gasteiger partial charge in [-0.05, 0) is 13.3 Å². The maximum absolute atomic E-state index is 12.0. The number of aromatic nitrogens is 2. The fraction of sp³-hybridized carbons (Fsp3) is 0.500. The van der Waals surface area contributed by atoms with E-state index in [9.17, 15) is 19.2 Å². The first-order valence-electron chi connectivity index (χ1n) is 8.62. The van der Waals surface area contributed by atoms with Gasteiger partial charge in [-0.15, -0.1) is 0 Å². The molecular weight excluding hydrogens is 374 g/mol. The Morgan fingerprint density at radius 3 is 2.25 bits per heavy atom. The quantitative estimate of drug-likeness (QED) is 0.545. The number of carboxylic acids is 2. The second-order valence-electron chi connectivity index (χ2n) is 5.74. The highest BCUT2D eigenvalue weighted by atomic mass is 16.5. The Bertz CT molecular complexity index is 792. The predicted molar refractivity (Wildman–Crippen MR) is 96.4 cm³/mol. The SMILES string of the molecule is CCc1c(NC(=O)C(=O)O)nc(N(CC)C(=O)C(=O)O)nc1N1CCOCC1. The highest BCUT2D eigenvalue weighted by molar-refractivity contribution is 6.37. The Morgan fingerprint density at radius 1 is 1.11 bits per heavy atom. The number of amides is 2. The molecule has 0 aromatic carbocycles. The molecule has 0 radical (unpaired) electrons. The second kappa shape index (κ2) is 9.08. The van der Waals surface area contributed by atoms with Crippen LogP contribution >= 0.6 is 0 Å². The molecule has 2 rings (SSSR count). The van der Waals surface area contributed by atoms with Crippen molar-refractivity contribution in [2.75, 3.05) is 48.0 Å². The van der Waals surface area contributed by atoms with Crippen molar-refractivity contribution in [2.45, 2.75) is 20.3 Å². The number of carbonyl (C=O) groups excluding carboxylic acids is 2. The van der Waals surface area contributed by atoms with Crippen molar-refractivity contribution in [1.29, 1.82) is 0 Å². The van der Waals surface area contributed by atoms with E-state index < -0.39 is 23.8 Å². The maximum atomic E-state index is 12.0. The Hall–Kier alpha value is -3.28. The van der Waals surface area contributed by atoms with E-state index in [-0.39, 0.29) is 18.3 Å². The third-order valence-electron chi connectivity index (χ3n) is 4.05. The Labute approximate surface area is 160 Å². The highest BCUT2D eigenvalue weighted by Gasteiger charge is 2.28. The van der Waals surface area contributed by atoms with E-state index in [1.54, 1.807) is 13.8 Å². The number of carbonyl (C=O) groups is 4. The van der Waals surface area contributed by atoms with E-state index in [1.807, 2.05) is 4.90 Å². The first kappa shape index (κ1) is 21.0. The van der Waals surface area contributed by atoms with Crippen LogP contribution in [0.4, 0.5) is 17.6 Å². The van der Waals surface area contributed by atoms with Gasteiger partial charge in [-0.1, -0.05) is 6.92 Å². The number of ether oxygens (including phenoxy) is 1. The van der Waals surface area contributed by atoms with Crippen LogP contribution in [0.1, 0.15) is 19.4 Å². The lowest BCUT2D eigenvalue weighted by atomic mass is 10.2. The normalized spacial score (nSPS) is 13.7. The molecule has 1 aliphatic heterocycles. The zero-order valence-corrected chi connectivity index (χ0v) is 15.5. The van der Waals surface area contributed by atoms with Gasteiger partial charge in [0.25, 0.3) is 0 Å². The predicted octanol–water partition coefficient (Wildman–Crippen LogP) is -0.664. The van der Waals surface area contributed by atoms with Crippen molar-refractivity contribution in [3.8, 4) is 0 Å². The van der Waals surface area contributed by atoms with Crippen LogP contribution in [-0.2, 0) is 30.3 Å². The maximum Gasteiger partial charge on any atom is 0.395 e. The van der Waals surface area contributed by atoms with Gasteiger partial charge in [0.05, 0.1) is 13.2 Å². The highest BCUT2D eigenvalue weighted by Crippen LogP contribution is 2.29. The number of carboxylic acid groups (broad SMARTS) is 2.